The molecule has 1 aromatic carbocycles. The second-order valence-electron chi connectivity index (χ2n) is 7.87. The van der Waals surface area contributed by atoms with Gasteiger partial charge in [0.1, 0.15) is 17.1 Å². The van der Waals surface area contributed by atoms with Gasteiger partial charge in [0.25, 0.3) is 0 Å². The molecule has 168 valence electrons. The van der Waals surface area contributed by atoms with Crippen LogP contribution in [0.1, 0.15) is 17.3 Å². The smallest absolute Gasteiger partial charge is 0.341 e. The molecule has 4 rings (SSSR count). The molecule has 0 spiro atoms. The number of aromatic carboxylic acids is 1. The summed E-state index contributed by atoms with van der Waals surface area (Å²) in [4.78, 5) is 27.8. The maximum atomic E-state index is 15.6. The van der Waals surface area contributed by atoms with E-state index in [1.165, 1.54) is 4.57 Å². The van der Waals surface area contributed by atoms with Crippen molar-refractivity contribution in [3.8, 4) is 0 Å². The molecule has 1 unspecified atom stereocenters. The van der Waals surface area contributed by atoms with Gasteiger partial charge in [0.2, 0.25) is 5.43 Å². The van der Waals surface area contributed by atoms with E-state index in [0.29, 0.717) is 26.2 Å². The highest BCUT2D eigenvalue weighted by molar-refractivity contribution is 5.93. The lowest BCUT2D eigenvalue weighted by molar-refractivity contribution is 0.0132. The Labute approximate surface area is 178 Å². The fourth-order valence-electron chi connectivity index (χ4n) is 4.38. The number of carbonyl (C=O) groups is 1. The lowest BCUT2D eigenvalue weighted by Gasteiger charge is -2.38. The number of hydrogen-bond acceptors (Lipinski definition) is 6. The molecule has 1 atom stereocenters. The molecule has 10 heteroatoms. The molecule has 0 radical (unpaired) electrons. The van der Waals surface area contributed by atoms with Crippen molar-refractivity contribution in [2.24, 2.45) is 0 Å². The first kappa shape index (κ1) is 21.7. The lowest BCUT2D eigenvalue weighted by Crippen LogP contribution is -2.52. The molecule has 3 heterocycles. The van der Waals surface area contributed by atoms with Gasteiger partial charge in [-0.15, -0.1) is 0 Å². The summed E-state index contributed by atoms with van der Waals surface area (Å²) < 4.78 is 37.9. The quantitative estimate of drug-likeness (QED) is 0.726. The maximum absolute atomic E-state index is 15.6. The first-order valence-electron chi connectivity index (χ1n) is 10.5. The van der Waals surface area contributed by atoms with Crippen molar-refractivity contribution in [2.45, 2.75) is 19.6 Å². The van der Waals surface area contributed by atoms with E-state index in [4.69, 9.17) is 4.74 Å². The zero-order chi connectivity index (χ0) is 22.1. The highest BCUT2D eigenvalue weighted by atomic mass is 19.1. The Balaban J connectivity index is 1.71. The molecular weight excluding hydrogens is 410 g/mol. The number of morpholine rings is 1. The topological polar surface area (TPSA) is 87.0 Å². The molecule has 0 aliphatic carbocycles. The predicted molar refractivity (Wildman–Crippen MR) is 112 cm³/mol. The van der Waals surface area contributed by atoms with Gasteiger partial charge in [0.15, 0.2) is 5.82 Å². The number of aryl methyl sites for hydroxylation is 1. The van der Waals surface area contributed by atoms with E-state index in [-0.39, 0.29) is 29.2 Å². The average Bonchev–Trinajstić information content (AvgIpc) is 2.75. The van der Waals surface area contributed by atoms with E-state index in [9.17, 15) is 14.7 Å². The van der Waals surface area contributed by atoms with Crippen molar-refractivity contribution in [3.05, 3.63) is 39.7 Å². The van der Waals surface area contributed by atoms with Crippen LogP contribution in [-0.2, 0) is 11.3 Å². The third kappa shape index (κ3) is 4.15. The average molecular weight is 436 g/mol. The van der Waals surface area contributed by atoms with Crippen molar-refractivity contribution in [3.63, 3.8) is 0 Å². The van der Waals surface area contributed by atoms with Crippen LogP contribution in [0.4, 0.5) is 14.5 Å². The van der Waals surface area contributed by atoms with E-state index in [1.807, 2.05) is 0 Å². The van der Waals surface area contributed by atoms with Crippen molar-refractivity contribution in [1.82, 2.24) is 14.8 Å². The number of benzene rings is 1. The van der Waals surface area contributed by atoms with Crippen LogP contribution < -0.4 is 15.6 Å². The van der Waals surface area contributed by atoms with Crippen LogP contribution in [0.5, 0.6) is 0 Å². The number of nitrogens with zero attached hydrogens (tertiary/aromatic N) is 3. The van der Waals surface area contributed by atoms with Crippen LogP contribution in [-0.4, -0.2) is 79.1 Å². The fraction of sp³-hybridized carbons (Fsp3) is 0.524. The molecule has 2 aliphatic rings. The third-order valence-electron chi connectivity index (χ3n) is 5.93. The number of hydrogen-bond donors (Lipinski definition) is 2. The molecule has 2 N–H and O–H groups in total. The second-order valence-corrected chi connectivity index (χ2v) is 7.87. The van der Waals surface area contributed by atoms with Crippen LogP contribution >= 0.6 is 0 Å². The number of carboxylic acid groups (broad SMARTS) is 1. The number of rotatable bonds is 5. The number of piperazine rings is 1. The van der Waals surface area contributed by atoms with Crippen LogP contribution in [0.3, 0.4) is 0 Å². The SMILES string of the molecule is CCn1cc(C(=O)O)c(=O)c2cc(F)c(N3CCOC(CN4CCNCC4)C3)c(F)c21. The van der Waals surface area contributed by atoms with Crippen LogP contribution in [0.2, 0.25) is 0 Å². The number of anilines is 1. The van der Waals surface area contributed by atoms with Gasteiger partial charge in [-0.1, -0.05) is 0 Å². The largest absolute Gasteiger partial charge is 0.477 e. The summed E-state index contributed by atoms with van der Waals surface area (Å²) in [6.07, 6.45) is 0.925. The second kappa shape index (κ2) is 8.89. The van der Waals surface area contributed by atoms with Gasteiger partial charge < -0.3 is 24.6 Å². The molecule has 2 aromatic rings. The zero-order valence-corrected chi connectivity index (χ0v) is 17.4. The van der Waals surface area contributed by atoms with E-state index < -0.39 is 28.6 Å². The number of nitrogens with one attached hydrogen (secondary N) is 1. The van der Waals surface area contributed by atoms with Crippen molar-refractivity contribution in [1.29, 1.82) is 0 Å². The Morgan fingerprint density at radius 1 is 1.29 bits per heavy atom. The Bertz CT molecular complexity index is 1050. The summed E-state index contributed by atoms with van der Waals surface area (Å²) in [7, 11) is 0. The summed E-state index contributed by atoms with van der Waals surface area (Å²) in [6, 6.07) is 0.954. The lowest BCUT2D eigenvalue weighted by atomic mass is 10.1. The van der Waals surface area contributed by atoms with E-state index in [1.54, 1.807) is 11.8 Å². The summed E-state index contributed by atoms with van der Waals surface area (Å²) in [5.41, 5.74) is -1.69. The first-order chi connectivity index (χ1) is 14.9. The van der Waals surface area contributed by atoms with Crippen LogP contribution in [0.15, 0.2) is 17.1 Å². The number of pyridine rings is 1. The summed E-state index contributed by atoms with van der Waals surface area (Å²) >= 11 is 0. The van der Waals surface area contributed by atoms with Gasteiger partial charge in [0, 0.05) is 58.6 Å². The third-order valence-corrected chi connectivity index (χ3v) is 5.93. The maximum Gasteiger partial charge on any atom is 0.341 e. The van der Waals surface area contributed by atoms with Gasteiger partial charge in [-0.05, 0) is 13.0 Å². The monoisotopic (exact) mass is 436 g/mol. The molecule has 0 bridgehead atoms. The van der Waals surface area contributed by atoms with Gasteiger partial charge in [0.05, 0.1) is 23.6 Å². The molecule has 2 fully saturated rings. The van der Waals surface area contributed by atoms with E-state index in [2.05, 4.69) is 10.2 Å². The minimum atomic E-state index is -1.43. The van der Waals surface area contributed by atoms with Crippen molar-refractivity contribution in [2.75, 3.05) is 57.3 Å². The minimum absolute atomic E-state index is 0.0842. The minimum Gasteiger partial charge on any atom is -0.477 e. The number of fused-ring (bicyclic) bond motifs is 1. The summed E-state index contributed by atoms with van der Waals surface area (Å²) in [5, 5.41) is 12.3. The zero-order valence-electron chi connectivity index (χ0n) is 17.4. The molecule has 2 saturated heterocycles. The number of ether oxygens (including phenoxy) is 1. The molecule has 0 amide bonds. The molecule has 2 aliphatic heterocycles. The Hall–Kier alpha value is -2.56. The molecular formula is C21H26F2N4O4. The molecule has 31 heavy (non-hydrogen) atoms. The van der Waals surface area contributed by atoms with Gasteiger partial charge >= 0.3 is 5.97 Å². The van der Waals surface area contributed by atoms with Crippen LogP contribution in [0.25, 0.3) is 10.9 Å². The van der Waals surface area contributed by atoms with E-state index in [0.717, 1.165) is 38.4 Å². The normalized spacial score (nSPS) is 20.4. The Morgan fingerprint density at radius 2 is 2.03 bits per heavy atom. The molecule has 1 aromatic heterocycles. The molecule has 8 nitrogen and oxygen atoms in total. The Kier molecular flexibility index (Phi) is 6.22. The standard InChI is InChI=1S/C21H26F2N4O4/c1-2-26-12-15(21(29)30)20(28)14-9-16(22)19(17(23)18(14)26)27-7-8-31-13(11-27)10-25-5-3-24-4-6-25/h9,12-13,24H,2-8,10-11H2,1H3,(H,29,30). The van der Waals surface area contributed by atoms with Gasteiger partial charge in [-0.3, -0.25) is 9.69 Å². The highest BCUT2D eigenvalue weighted by Crippen LogP contribution is 2.31. The fourth-order valence-corrected chi connectivity index (χ4v) is 4.38. The Morgan fingerprint density at radius 3 is 2.71 bits per heavy atom. The highest BCUT2D eigenvalue weighted by Gasteiger charge is 2.29. The number of aromatic nitrogens is 1. The first-order valence-corrected chi connectivity index (χ1v) is 10.5. The number of carboxylic acids is 1. The van der Waals surface area contributed by atoms with Crippen molar-refractivity contribution >= 4 is 22.6 Å². The van der Waals surface area contributed by atoms with Crippen LogP contribution in [0, 0.1) is 11.6 Å². The van der Waals surface area contributed by atoms with Crippen molar-refractivity contribution < 1.29 is 23.4 Å². The van der Waals surface area contributed by atoms with Gasteiger partial charge in [-0.25, -0.2) is 13.6 Å². The predicted octanol–water partition coefficient (Wildman–Crippen LogP) is 1.11. The summed E-state index contributed by atoms with van der Waals surface area (Å²) in [6.45, 7) is 7.19. The molecule has 0 saturated carbocycles. The number of halogens is 2. The van der Waals surface area contributed by atoms with E-state index >= 15 is 8.78 Å². The summed E-state index contributed by atoms with van der Waals surface area (Å²) in [5.74, 6) is -3.16. The van der Waals surface area contributed by atoms with Gasteiger partial charge in [-0.2, -0.15) is 0 Å².